The number of ether oxygens (including phenoxy) is 3. The molecular weight excluding hydrogens is 436 g/mol. The lowest BCUT2D eigenvalue weighted by molar-refractivity contribution is 0.0696. The first kappa shape index (κ1) is 23.1. The minimum atomic E-state index is -0.970. The van der Waals surface area contributed by atoms with Crippen molar-refractivity contribution in [1.82, 2.24) is 9.88 Å². The van der Waals surface area contributed by atoms with Crippen molar-refractivity contribution in [3.8, 4) is 17.2 Å². The number of nitrogens with zero attached hydrogens (tertiary/aromatic N) is 2. The lowest BCUT2D eigenvalue weighted by Crippen LogP contribution is -2.43. The number of piperidine rings is 1. The summed E-state index contributed by atoms with van der Waals surface area (Å²) in [5.41, 5.74) is 1.30. The van der Waals surface area contributed by atoms with Crippen LogP contribution in [0.25, 0.3) is 0 Å². The zero-order chi connectivity index (χ0) is 23.8. The van der Waals surface area contributed by atoms with Crippen molar-refractivity contribution < 1.29 is 28.9 Å². The van der Waals surface area contributed by atoms with Crippen LogP contribution >= 0.6 is 0 Å². The van der Waals surface area contributed by atoms with Gasteiger partial charge in [-0.1, -0.05) is 12.1 Å². The highest BCUT2D eigenvalue weighted by atomic mass is 16.6. The smallest absolute Gasteiger partial charge is 0.415 e. The molecule has 0 bridgehead atoms. The van der Waals surface area contributed by atoms with Gasteiger partial charge in [-0.2, -0.15) is 0 Å². The number of rotatable bonds is 8. The summed E-state index contributed by atoms with van der Waals surface area (Å²) in [4.78, 5) is 29.2. The van der Waals surface area contributed by atoms with Crippen molar-refractivity contribution in [2.75, 3.05) is 19.7 Å². The number of hydrogen-bond acceptors (Lipinski definition) is 6. The molecule has 0 saturated carbocycles. The molecule has 34 heavy (non-hydrogen) atoms. The molecule has 1 N–H and O–H groups in total. The third kappa shape index (κ3) is 6.48. The quantitative estimate of drug-likeness (QED) is 0.528. The van der Waals surface area contributed by atoms with Crippen LogP contribution in [-0.2, 0) is 6.42 Å². The second kappa shape index (κ2) is 11.2. The maximum absolute atomic E-state index is 12.5. The molecule has 8 nitrogen and oxygen atoms in total. The Morgan fingerprint density at radius 3 is 2.29 bits per heavy atom. The van der Waals surface area contributed by atoms with E-state index in [0.29, 0.717) is 44.0 Å². The maximum Gasteiger partial charge on any atom is 0.415 e. The van der Waals surface area contributed by atoms with Gasteiger partial charge in [-0.3, -0.25) is 4.98 Å². The number of pyridine rings is 1. The van der Waals surface area contributed by atoms with E-state index in [9.17, 15) is 9.59 Å². The molecule has 3 aromatic rings. The normalized spacial score (nSPS) is 13.8. The van der Waals surface area contributed by atoms with Crippen LogP contribution in [0.1, 0.15) is 28.8 Å². The molecule has 2 aromatic carbocycles. The Bertz CT molecular complexity index is 1080. The zero-order valence-electron chi connectivity index (χ0n) is 18.6. The van der Waals surface area contributed by atoms with E-state index in [4.69, 9.17) is 19.3 Å². The van der Waals surface area contributed by atoms with E-state index in [1.54, 1.807) is 41.6 Å². The fourth-order valence-electron chi connectivity index (χ4n) is 3.63. The molecule has 1 amide bonds. The lowest BCUT2D eigenvalue weighted by Gasteiger charge is -2.31. The van der Waals surface area contributed by atoms with Gasteiger partial charge in [-0.15, -0.1) is 0 Å². The number of amides is 1. The third-order valence-corrected chi connectivity index (χ3v) is 5.53. The van der Waals surface area contributed by atoms with Crippen LogP contribution in [0.3, 0.4) is 0 Å². The summed E-state index contributed by atoms with van der Waals surface area (Å²) in [7, 11) is 0. The molecule has 1 fully saturated rings. The van der Waals surface area contributed by atoms with Crippen LogP contribution in [-0.4, -0.2) is 52.9 Å². The monoisotopic (exact) mass is 462 g/mol. The van der Waals surface area contributed by atoms with E-state index in [-0.39, 0.29) is 17.8 Å². The largest absolute Gasteiger partial charge is 0.492 e. The van der Waals surface area contributed by atoms with E-state index in [1.165, 1.54) is 12.1 Å². The van der Waals surface area contributed by atoms with Crippen LogP contribution < -0.4 is 14.2 Å². The van der Waals surface area contributed by atoms with Crippen LogP contribution in [0, 0.1) is 0 Å². The number of benzene rings is 2. The summed E-state index contributed by atoms with van der Waals surface area (Å²) in [6.07, 6.45) is 5.04. The van der Waals surface area contributed by atoms with Crippen LogP contribution in [0.5, 0.6) is 17.2 Å². The van der Waals surface area contributed by atoms with Gasteiger partial charge in [0.2, 0.25) is 0 Å². The Labute approximate surface area is 197 Å². The molecule has 0 atom stereocenters. The molecule has 0 unspecified atom stereocenters. The molecule has 0 radical (unpaired) electrons. The average Bonchev–Trinajstić information content (AvgIpc) is 2.86. The number of likely N-dealkylation sites (tertiary alicyclic amines) is 1. The second-order valence-electron chi connectivity index (χ2n) is 7.93. The van der Waals surface area contributed by atoms with Gasteiger partial charge in [0.15, 0.2) is 0 Å². The summed E-state index contributed by atoms with van der Waals surface area (Å²) in [5.74, 6) is 0.886. The van der Waals surface area contributed by atoms with E-state index >= 15 is 0 Å². The van der Waals surface area contributed by atoms with Crippen LogP contribution in [0.2, 0.25) is 0 Å². The predicted molar refractivity (Wildman–Crippen MR) is 125 cm³/mol. The number of aromatic carboxylic acids is 1. The average molecular weight is 463 g/mol. The molecule has 2 heterocycles. The molecule has 0 spiro atoms. The standard InChI is InChI=1S/C26H26N2O6/c29-25(30)20-5-9-21(10-6-20)33-23-11-15-28(16-12-23)26(31)34-22-7-3-19(4-8-22)13-17-32-24-2-1-14-27-18-24/h1-10,14,18,23H,11-13,15-17H2,(H,29,30). The molecule has 1 saturated heterocycles. The van der Waals surface area contributed by atoms with E-state index in [0.717, 1.165) is 17.7 Å². The van der Waals surface area contributed by atoms with Gasteiger partial charge in [0.05, 0.1) is 18.4 Å². The SMILES string of the molecule is O=C(O)c1ccc(OC2CCN(C(=O)Oc3ccc(CCOc4cccnc4)cc3)CC2)cc1. The van der Waals surface area contributed by atoms with Gasteiger partial charge in [0, 0.05) is 38.5 Å². The van der Waals surface area contributed by atoms with Crippen molar-refractivity contribution >= 4 is 12.1 Å². The Balaban J connectivity index is 1.19. The maximum atomic E-state index is 12.5. The van der Waals surface area contributed by atoms with Crippen molar-refractivity contribution in [1.29, 1.82) is 0 Å². The minimum Gasteiger partial charge on any atom is -0.492 e. The summed E-state index contributed by atoms with van der Waals surface area (Å²) in [5, 5.41) is 8.97. The lowest BCUT2D eigenvalue weighted by atomic mass is 10.1. The fraction of sp³-hybridized carbons (Fsp3) is 0.269. The number of aromatic nitrogens is 1. The Kier molecular flexibility index (Phi) is 7.60. The van der Waals surface area contributed by atoms with Gasteiger partial charge in [0.1, 0.15) is 23.4 Å². The van der Waals surface area contributed by atoms with Crippen molar-refractivity contribution in [2.45, 2.75) is 25.4 Å². The minimum absolute atomic E-state index is 0.0344. The fourth-order valence-corrected chi connectivity index (χ4v) is 3.63. The molecule has 1 aliphatic rings. The first-order chi connectivity index (χ1) is 16.6. The number of carbonyl (C=O) groups is 2. The van der Waals surface area contributed by atoms with Gasteiger partial charge in [0.25, 0.3) is 0 Å². The summed E-state index contributed by atoms with van der Waals surface area (Å²) >= 11 is 0. The molecule has 176 valence electrons. The third-order valence-electron chi connectivity index (χ3n) is 5.53. The van der Waals surface area contributed by atoms with Crippen molar-refractivity contribution in [3.05, 3.63) is 84.2 Å². The summed E-state index contributed by atoms with van der Waals surface area (Å²) < 4.78 is 17.1. The highest BCUT2D eigenvalue weighted by Gasteiger charge is 2.25. The van der Waals surface area contributed by atoms with Gasteiger partial charge >= 0.3 is 12.1 Å². The van der Waals surface area contributed by atoms with E-state index in [1.807, 2.05) is 24.3 Å². The molecule has 1 aromatic heterocycles. The van der Waals surface area contributed by atoms with Gasteiger partial charge < -0.3 is 24.2 Å². The molecule has 4 rings (SSSR count). The van der Waals surface area contributed by atoms with Gasteiger partial charge in [-0.05, 0) is 54.1 Å². The Hall–Kier alpha value is -4.07. The highest BCUT2D eigenvalue weighted by molar-refractivity contribution is 5.87. The number of carboxylic acid groups (broad SMARTS) is 1. The number of carbonyl (C=O) groups excluding carboxylic acids is 1. The summed E-state index contributed by atoms with van der Waals surface area (Å²) in [6, 6.07) is 17.4. The van der Waals surface area contributed by atoms with Crippen molar-refractivity contribution in [2.24, 2.45) is 0 Å². The van der Waals surface area contributed by atoms with Gasteiger partial charge in [-0.25, -0.2) is 9.59 Å². The first-order valence-corrected chi connectivity index (χ1v) is 11.2. The Morgan fingerprint density at radius 1 is 0.941 bits per heavy atom. The molecule has 0 aliphatic carbocycles. The summed E-state index contributed by atoms with van der Waals surface area (Å²) in [6.45, 7) is 1.59. The van der Waals surface area contributed by atoms with Crippen LogP contribution in [0.15, 0.2) is 73.1 Å². The van der Waals surface area contributed by atoms with Crippen LogP contribution in [0.4, 0.5) is 4.79 Å². The van der Waals surface area contributed by atoms with E-state index in [2.05, 4.69) is 4.98 Å². The second-order valence-corrected chi connectivity index (χ2v) is 7.93. The highest BCUT2D eigenvalue weighted by Crippen LogP contribution is 2.21. The zero-order valence-corrected chi connectivity index (χ0v) is 18.6. The van der Waals surface area contributed by atoms with Crippen molar-refractivity contribution in [3.63, 3.8) is 0 Å². The van der Waals surface area contributed by atoms with E-state index < -0.39 is 5.97 Å². The predicted octanol–water partition coefficient (Wildman–Crippen LogP) is 4.44. The number of carboxylic acids is 1. The molecule has 8 heteroatoms. The first-order valence-electron chi connectivity index (χ1n) is 11.2. The topological polar surface area (TPSA) is 98.2 Å². The number of hydrogen-bond donors (Lipinski definition) is 1. The Morgan fingerprint density at radius 2 is 1.65 bits per heavy atom. The molecular formula is C26H26N2O6. The molecule has 1 aliphatic heterocycles.